The third-order valence-corrected chi connectivity index (χ3v) is 2.44. The molecule has 1 aromatic rings. The smallest absolute Gasteiger partial charge is 0.0626 e. The summed E-state index contributed by atoms with van der Waals surface area (Å²) < 4.78 is 4.96. The minimum Gasteiger partial charge on any atom is -0.394 e. The highest BCUT2D eigenvalue weighted by molar-refractivity contribution is 5.28. The molecule has 0 radical (unpaired) electrons. The summed E-state index contributed by atoms with van der Waals surface area (Å²) in [5.74, 6) is 0. The van der Waals surface area contributed by atoms with Gasteiger partial charge >= 0.3 is 0 Å². The Morgan fingerprint density at radius 1 is 1.40 bits per heavy atom. The SMILES string of the molecule is COCCNC(CO)c1ccccc1C. The standard InChI is InChI=1S/C12H19NO2/c1-10-5-3-4-6-11(10)12(9-14)13-7-8-15-2/h3-6,12-14H,7-9H2,1-2H3. The minimum atomic E-state index is 0.00125. The van der Waals surface area contributed by atoms with E-state index in [-0.39, 0.29) is 12.6 Å². The maximum absolute atomic E-state index is 9.30. The summed E-state index contributed by atoms with van der Waals surface area (Å²) >= 11 is 0. The molecule has 1 aromatic carbocycles. The zero-order chi connectivity index (χ0) is 11.1. The van der Waals surface area contributed by atoms with E-state index >= 15 is 0 Å². The largest absolute Gasteiger partial charge is 0.394 e. The molecule has 84 valence electrons. The predicted octanol–water partition coefficient (Wildman–Crippen LogP) is 1.26. The van der Waals surface area contributed by atoms with Gasteiger partial charge in [0.05, 0.1) is 19.3 Å². The topological polar surface area (TPSA) is 41.5 Å². The van der Waals surface area contributed by atoms with Crippen LogP contribution < -0.4 is 5.32 Å². The first-order chi connectivity index (χ1) is 7.29. The monoisotopic (exact) mass is 209 g/mol. The average Bonchev–Trinajstić information content (AvgIpc) is 2.26. The van der Waals surface area contributed by atoms with Crippen molar-refractivity contribution < 1.29 is 9.84 Å². The second-order valence-electron chi connectivity index (χ2n) is 3.54. The maximum atomic E-state index is 9.30. The van der Waals surface area contributed by atoms with Gasteiger partial charge in [-0.3, -0.25) is 0 Å². The molecule has 15 heavy (non-hydrogen) atoms. The zero-order valence-corrected chi connectivity index (χ0v) is 9.36. The van der Waals surface area contributed by atoms with Gasteiger partial charge in [0.2, 0.25) is 0 Å². The molecule has 0 heterocycles. The number of ether oxygens (including phenoxy) is 1. The summed E-state index contributed by atoms with van der Waals surface area (Å²) in [6.07, 6.45) is 0. The van der Waals surface area contributed by atoms with E-state index in [4.69, 9.17) is 4.74 Å². The second kappa shape index (κ2) is 6.56. The van der Waals surface area contributed by atoms with Gasteiger partial charge in [0.25, 0.3) is 0 Å². The van der Waals surface area contributed by atoms with E-state index in [0.717, 1.165) is 12.1 Å². The van der Waals surface area contributed by atoms with Crippen LogP contribution in [0.4, 0.5) is 0 Å². The molecular weight excluding hydrogens is 190 g/mol. The molecule has 0 fully saturated rings. The fourth-order valence-corrected chi connectivity index (χ4v) is 1.59. The van der Waals surface area contributed by atoms with Crippen LogP contribution in [0.3, 0.4) is 0 Å². The van der Waals surface area contributed by atoms with Crippen molar-refractivity contribution in [2.45, 2.75) is 13.0 Å². The minimum absolute atomic E-state index is 0.00125. The van der Waals surface area contributed by atoms with Crippen molar-refractivity contribution in [3.8, 4) is 0 Å². The molecule has 0 aliphatic heterocycles. The summed E-state index contributed by atoms with van der Waals surface area (Å²) in [7, 11) is 1.67. The van der Waals surface area contributed by atoms with Gasteiger partial charge in [-0.2, -0.15) is 0 Å². The molecule has 0 amide bonds. The van der Waals surface area contributed by atoms with Gasteiger partial charge in [-0.25, -0.2) is 0 Å². The van der Waals surface area contributed by atoms with Gasteiger partial charge in [-0.05, 0) is 18.1 Å². The third kappa shape index (κ3) is 3.63. The van der Waals surface area contributed by atoms with Crippen molar-refractivity contribution in [2.24, 2.45) is 0 Å². The van der Waals surface area contributed by atoms with E-state index in [0.29, 0.717) is 6.61 Å². The third-order valence-electron chi connectivity index (χ3n) is 2.44. The molecule has 1 rings (SSSR count). The van der Waals surface area contributed by atoms with Crippen molar-refractivity contribution in [1.82, 2.24) is 5.32 Å². The lowest BCUT2D eigenvalue weighted by Crippen LogP contribution is -2.28. The molecule has 1 atom stereocenters. The Morgan fingerprint density at radius 2 is 2.13 bits per heavy atom. The summed E-state index contributed by atoms with van der Waals surface area (Å²) in [6, 6.07) is 8.08. The number of aryl methyl sites for hydroxylation is 1. The molecule has 2 N–H and O–H groups in total. The summed E-state index contributed by atoms with van der Waals surface area (Å²) in [5, 5.41) is 12.6. The van der Waals surface area contributed by atoms with Gasteiger partial charge in [0.1, 0.15) is 0 Å². The van der Waals surface area contributed by atoms with E-state index < -0.39 is 0 Å². The molecule has 0 aliphatic rings. The lowest BCUT2D eigenvalue weighted by Gasteiger charge is -2.18. The number of aliphatic hydroxyl groups is 1. The Balaban J connectivity index is 2.61. The van der Waals surface area contributed by atoms with E-state index in [9.17, 15) is 5.11 Å². The van der Waals surface area contributed by atoms with Gasteiger partial charge in [0, 0.05) is 13.7 Å². The van der Waals surface area contributed by atoms with E-state index in [1.807, 2.05) is 18.2 Å². The molecule has 0 aromatic heterocycles. The zero-order valence-electron chi connectivity index (χ0n) is 9.36. The number of nitrogens with one attached hydrogen (secondary N) is 1. The van der Waals surface area contributed by atoms with E-state index in [2.05, 4.69) is 18.3 Å². The first-order valence-electron chi connectivity index (χ1n) is 5.18. The fraction of sp³-hybridized carbons (Fsp3) is 0.500. The van der Waals surface area contributed by atoms with E-state index in [1.165, 1.54) is 5.56 Å². The Bertz CT molecular complexity index is 289. The van der Waals surface area contributed by atoms with Gasteiger partial charge in [-0.1, -0.05) is 24.3 Å². The average molecular weight is 209 g/mol. The lowest BCUT2D eigenvalue weighted by atomic mass is 10.0. The van der Waals surface area contributed by atoms with Gasteiger partial charge in [-0.15, -0.1) is 0 Å². The van der Waals surface area contributed by atoms with Crippen LogP contribution in [0.1, 0.15) is 17.2 Å². The Kier molecular flexibility index (Phi) is 5.32. The lowest BCUT2D eigenvalue weighted by molar-refractivity contribution is 0.184. The Morgan fingerprint density at radius 3 is 2.73 bits per heavy atom. The van der Waals surface area contributed by atoms with Crippen LogP contribution in [-0.4, -0.2) is 32.0 Å². The first-order valence-corrected chi connectivity index (χ1v) is 5.18. The van der Waals surface area contributed by atoms with Crippen LogP contribution in [0.25, 0.3) is 0 Å². The summed E-state index contributed by atoms with van der Waals surface area (Å²) in [5.41, 5.74) is 2.34. The number of methoxy groups -OCH3 is 1. The Labute approximate surface area is 91.1 Å². The van der Waals surface area contributed by atoms with Crippen molar-refractivity contribution in [3.05, 3.63) is 35.4 Å². The molecule has 0 aliphatic carbocycles. The number of benzene rings is 1. The summed E-state index contributed by atoms with van der Waals surface area (Å²) in [4.78, 5) is 0. The second-order valence-corrected chi connectivity index (χ2v) is 3.54. The Hall–Kier alpha value is -0.900. The summed E-state index contributed by atoms with van der Waals surface area (Å²) in [6.45, 7) is 3.56. The fourth-order valence-electron chi connectivity index (χ4n) is 1.59. The maximum Gasteiger partial charge on any atom is 0.0626 e. The van der Waals surface area contributed by atoms with Crippen molar-refractivity contribution >= 4 is 0 Å². The van der Waals surface area contributed by atoms with Gasteiger partial charge < -0.3 is 15.2 Å². The highest BCUT2D eigenvalue weighted by Gasteiger charge is 2.10. The highest BCUT2D eigenvalue weighted by atomic mass is 16.5. The highest BCUT2D eigenvalue weighted by Crippen LogP contribution is 2.16. The first kappa shape index (κ1) is 12.2. The molecule has 1 unspecified atom stereocenters. The molecule has 0 saturated heterocycles. The quantitative estimate of drug-likeness (QED) is 0.693. The number of hydrogen-bond donors (Lipinski definition) is 2. The van der Waals surface area contributed by atoms with Crippen molar-refractivity contribution in [3.63, 3.8) is 0 Å². The van der Waals surface area contributed by atoms with Crippen LogP contribution in [0.5, 0.6) is 0 Å². The van der Waals surface area contributed by atoms with Gasteiger partial charge in [0.15, 0.2) is 0 Å². The molecule has 3 heteroatoms. The molecule has 0 spiro atoms. The van der Waals surface area contributed by atoms with Crippen LogP contribution in [0, 0.1) is 6.92 Å². The predicted molar refractivity (Wildman–Crippen MR) is 60.9 cm³/mol. The number of hydrogen-bond acceptors (Lipinski definition) is 3. The van der Waals surface area contributed by atoms with E-state index in [1.54, 1.807) is 7.11 Å². The number of aliphatic hydroxyl groups excluding tert-OH is 1. The van der Waals surface area contributed by atoms with Crippen LogP contribution in [0.2, 0.25) is 0 Å². The van der Waals surface area contributed by atoms with Crippen molar-refractivity contribution in [2.75, 3.05) is 26.9 Å². The number of rotatable bonds is 6. The van der Waals surface area contributed by atoms with Crippen LogP contribution in [-0.2, 0) is 4.74 Å². The molecular formula is C12H19NO2. The molecule has 3 nitrogen and oxygen atoms in total. The molecule has 0 saturated carbocycles. The van der Waals surface area contributed by atoms with Crippen LogP contribution in [0.15, 0.2) is 24.3 Å². The van der Waals surface area contributed by atoms with Crippen LogP contribution >= 0.6 is 0 Å². The normalized spacial score (nSPS) is 12.7. The molecule has 0 bridgehead atoms. The van der Waals surface area contributed by atoms with Crippen molar-refractivity contribution in [1.29, 1.82) is 0 Å².